The fraction of sp³-hybridized carbons (Fsp3) is 0.438. The summed E-state index contributed by atoms with van der Waals surface area (Å²) in [7, 11) is -1.07. The summed E-state index contributed by atoms with van der Waals surface area (Å²) in [6, 6.07) is -2.87. The SMILES string of the molecule is [2H]c1c([2H])c(C([2H])([2H])[2H])c([2H])c([2H])c1-n1c([2H])nc(B2OC(C)(C)C(C)(C)O2)c1[2H]. The van der Waals surface area contributed by atoms with Crippen molar-refractivity contribution in [2.45, 2.75) is 45.7 Å². The largest absolute Gasteiger partial charge is 0.516 e. The summed E-state index contributed by atoms with van der Waals surface area (Å²) in [5, 5.41) is 0. The van der Waals surface area contributed by atoms with Gasteiger partial charge in [0.25, 0.3) is 0 Å². The zero-order chi connectivity index (χ0) is 23.0. The highest BCUT2D eigenvalue weighted by atomic mass is 16.7. The molecule has 0 radical (unpaired) electrons. The van der Waals surface area contributed by atoms with E-state index in [0.717, 1.165) is 4.57 Å². The van der Waals surface area contributed by atoms with Crippen molar-refractivity contribution in [3.63, 3.8) is 0 Å². The van der Waals surface area contributed by atoms with Gasteiger partial charge in [0.05, 0.1) is 30.0 Å². The average molecular weight is 293 g/mol. The van der Waals surface area contributed by atoms with E-state index < -0.39 is 73.1 Å². The number of nitrogens with zero attached hydrogens (tertiary/aromatic N) is 2. The van der Waals surface area contributed by atoms with Gasteiger partial charge in [-0.25, -0.2) is 4.98 Å². The maximum Gasteiger partial charge on any atom is 0.516 e. The number of benzene rings is 1. The Labute approximate surface area is 138 Å². The number of aromatic nitrogens is 2. The summed E-state index contributed by atoms with van der Waals surface area (Å²) < 4.78 is 84.2. The van der Waals surface area contributed by atoms with Crippen LogP contribution in [-0.2, 0) is 9.31 Å². The van der Waals surface area contributed by atoms with Crippen LogP contribution in [0.5, 0.6) is 0 Å². The Morgan fingerprint density at radius 1 is 1.14 bits per heavy atom. The zero-order valence-corrected chi connectivity index (χ0v) is 12.3. The van der Waals surface area contributed by atoms with Crippen LogP contribution in [0.1, 0.15) is 45.6 Å². The molecule has 110 valence electrons. The molecule has 0 N–H and O–H groups in total. The van der Waals surface area contributed by atoms with Crippen molar-refractivity contribution in [1.29, 1.82) is 0 Å². The first-order valence-electron chi connectivity index (χ1n) is 11.0. The molecule has 1 aliphatic rings. The molecule has 4 nitrogen and oxygen atoms in total. The molecule has 2 aromatic rings. The molecule has 1 aliphatic heterocycles. The van der Waals surface area contributed by atoms with Crippen LogP contribution >= 0.6 is 0 Å². The van der Waals surface area contributed by atoms with Gasteiger partial charge in [0.15, 0.2) is 0 Å². The second kappa shape index (κ2) is 4.72. The van der Waals surface area contributed by atoms with E-state index in [1.165, 1.54) is 0 Å². The molecule has 0 unspecified atom stereocenters. The lowest BCUT2D eigenvalue weighted by atomic mass is 9.86. The number of imidazole rings is 1. The first kappa shape index (κ1) is 7.12. The van der Waals surface area contributed by atoms with Crippen LogP contribution in [0, 0.1) is 6.85 Å². The first-order valence-corrected chi connectivity index (χ1v) is 6.54. The molecule has 0 atom stereocenters. The summed E-state index contributed by atoms with van der Waals surface area (Å²) in [5.41, 5.74) is -2.63. The van der Waals surface area contributed by atoms with Crippen LogP contribution in [-0.4, -0.2) is 27.9 Å². The molecule has 5 heteroatoms. The summed E-state index contributed by atoms with van der Waals surface area (Å²) >= 11 is 0. The van der Waals surface area contributed by atoms with Gasteiger partial charge in [-0.05, 0) is 46.6 Å². The number of hydrogen-bond donors (Lipinski definition) is 0. The highest BCUT2D eigenvalue weighted by Gasteiger charge is 2.52. The van der Waals surface area contributed by atoms with Crippen molar-refractivity contribution < 1.29 is 21.6 Å². The van der Waals surface area contributed by atoms with E-state index in [0.29, 0.717) is 0 Å². The lowest BCUT2D eigenvalue weighted by Crippen LogP contribution is -2.41. The van der Waals surface area contributed by atoms with Crippen LogP contribution < -0.4 is 5.59 Å². The minimum atomic E-state index is -2.85. The average Bonchev–Trinajstić information content (AvgIpc) is 2.98. The molecular formula is C16H21BN2O2. The second-order valence-electron chi connectivity index (χ2n) is 5.86. The van der Waals surface area contributed by atoms with E-state index in [2.05, 4.69) is 4.98 Å². The Hall–Kier alpha value is -1.59. The molecule has 1 saturated heterocycles. The van der Waals surface area contributed by atoms with Crippen LogP contribution in [0.3, 0.4) is 0 Å². The summed E-state index contributed by atoms with van der Waals surface area (Å²) in [5.74, 6) is 0. The molecule has 0 saturated carbocycles. The van der Waals surface area contributed by atoms with Gasteiger partial charge in [0, 0.05) is 16.0 Å². The lowest BCUT2D eigenvalue weighted by Gasteiger charge is -2.32. The van der Waals surface area contributed by atoms with Gasteiger partial charge in [-0.15, -0.1) is 0 Å². The van der Waals surface area contributed by atoms with Crippen LogP contribution in [0.4, 0.5) is 0 Å². The minimum Gasteiger partial charge on any atom is -0.398 e. The van der Waals surface area contributed by atoms with E-state index in [4.69, 9.17) is 21.6 Å². The number of hydrogen-bond acceptors (Lipinski definition) is 3. The minimum absolute atomic E-state index is 0.0459. The molecule has 1 aromatic heterocycles. The van der Waals surface area contributed by atoms with Crippen LogP contribution in [0.25, 0.3) is 5.69 Å². The van der Waals surface area contributed by atoms with Crippen molar-refractivity contribution in [3.8, 4) is 5.69 Å². The van der Waals surface area contributed by atoms with E-state index >= 15 is 0 Å². The molecule has 1 fully saturated rings. The fourth-order valence-electron chi connectivity index (χ4n) is 1.85. The zero-order valence-electron chi connectivity index (χ0n) is 21.3. The summed E-state index contributed by atoms with van der Waals surface area (Å²) in [6.45, 7) is 4.39. The van der Waals surface area contributed by atoms with E-state index in [1.54, 1.807) is 0 Å². The molecule has 3 rings (SSSR count). The lowest BCUT2D eigenvalue weighted by molar-refractivity contribution is 0.00578. The van der Waals surface area contributed by atoms with Gasteiger partial charge < -0.3 is 13.9 Å². The third kappa shape index (κ3) is 2.52. The second-order valence-corrected chi connectivity index (χ2v) is 5.86. The van der Waals surface area contributed by atoms with Gasteiger partial charge in [-0.3, -0.25) is 0 Å². The maximum atomic E-state index is 8.46. The third-order valence-corrected chi connectivity index (χ3v) is 3.81. The van der Waals surface area contributed by atoms with Gasteiger partial charge in [0.1, 0.15) is 1.37 Å². The molecule has 1 aromatic carbocycles. The predicted molar refractivity (Wildman–Crippen MR) is 84.0 cm³/mol. The quantitative estimate of drug-likeness (QED) is 0.798. The Kier molecular flexibility index (Phi) is 1.60. The standard InChI is InChI=1S/C16H21BN2O2/c1-12-6-8-13(9-7-12)19-10-14(18-11-19)17-20-15(2,3)16(4,5)21-17/h6-11H,1-5H3/i1D3,6D,7D,8D,9D,10D,11D. The number of rotatable bonds is 2. The third-order valence-electron chi connectivity index (χ3n) is 3.81. The van der Waals surface area contributed by atoms with Crippen molar-refractivity contribution in [1.82, 2.24) is 9.55 Å². The van der Waals surface area contributed by atoms with E-state index in [9.17, 15) is 0 Å². The molecule has 0 amide bonds. The Bertz CT molecular complexity index is 988. The predicted octanol–water partition coefficient (Wildman–Crippen LogP) is 2.48. The normalized spacial score (nSPS) is 26.7. The molecule has 21 heavy (non-hydrogen) atoms. The maximum absolute atomic E-state index is 8.46. The van der Waals surface area contributed by atoms with E-state index in [1.807, 2.05) is 27.7 Å². The van der Waals surface area contributed by atoms with Gasteiger partial charge in [-0.2, -0.15) is 0 Å². The van der Waals surface area contributed by atoms with Gasteiger partial charge in [-0.1, -0.05) is 17.6 Å². The Balaban J connectivity index is 2.21. The van der Waals surface area contributed by atoms with Gasteiger partial charge >= 0.3 is 7.12 Å². The summed E-state index contributed by atoms with van der Waals surface area (Å²) in [6.07, 6.45) is -0.923. The van der Waals surface area contributed by atoms with Crippen LogP contribution in [0.2, 0.25) is 0 Å². The Morgan fingerprint density at radius 3 is 2.33 bits per heavy atom. The molecule has 0 spiro atoms. The monoisotopic (exact) mass is 293 g/mol. The van der Waals surface area contributed by atoms with Gasteiger partial charge in [0.2, 0.25) is 0 Å². The fourth-order valence-corrected chi connectivity index (χ4v) is 1.85. The smallest absolute Gasteiger partial charge is 0.398 e. The van der Waals surface area contributed by atoms with Crippen LogP contribution in [0.15, 0.2) is 36.6 Å². The first-order chi connectivity index (χ1) is 13.5. The molecule has 2 heterocycles. The topological polar surface area (TPSA) is 36.3 Å². The molecule has 0 aliphatic carbocycles. The van der Waals surface area contributed by atoms with Crippen molar-refractivity contribution in [3.05, 3.63) is 42.2 Å². The van der Waals surface area contributed by atoms with Crippen molar-refractivity contribution >= 4 is 12.7 Å². The Morgan fingerprint density at radius 2 is 1.76 bits per heavy atom. The van der Waals surface area contributed by atoms with Crippen molar-refractivity contribution in [2.24, 2.45) is 0 Å². The molecular weight excluding hydrogens is 263 g/mol. The van der Waals surface area contributed by atoms with E-state index in [-0.39, 0.29) is 5.59 Å². The van der Waals surface area contributed by atoms with Crippen molar-refractivity contribution in [2.75, 3.05) is 0 Å². The summed E-state index contributed by atoms with van der Waals surface area (Å²) in [4.78, 5) is 4.00. The highest BCUT2D eigenvalue weighted by molar-refractivity contribution is 6.61. The molecule has 0 bridgehead atoms. The highest BCUT2D eigenvalue weighted by Crippen LogP contribution is 2.36.